The van der Waals surface area contributed by atoms with Crippen molar-refractivity contribution >= 4 is 33.6 Å². The number of pyridine rings is 1. The Hall–Kier alpha value is -1.79. The summed E-state index contributed by atoms with van der Waals surface area (Å²) in [5, 5.41) is 5.70. The Kier molecular flexibility index (Phi) is 3.01. The molecular formula is C15H15N3O2S. The Labute approximate surface area is 126 Å². The maximum absolute atomic E-state index is 12.4. The number of carbonyl (C=O) groups is 2. The second-order valence-electron chi connectivity index (χ2n) is 5.76. The van der Waals surface area contributed by atoms with E-state index < -0.39 is 0 Å². The lowest BCUT2D eigenvalue weighted by molar-refractivity contribution is 0.0919. The van der Waals surface area contributed by atoms with Gasteiger partial charge in [-0.2, -0.15) is 0 Å². The average Bonchev–Trinajstić information content (AvgIpc) is 3.21. The molecule has 3 atom stereocenters. The smallest absolute Gasteiger partial charge is 0.270 e. The van der Waals surface area contributed by atoms with E-state index in [9.17, 15) is 9.59 Å². The van der Waals surface area contributed by atoms with Gasteiger partial charge in [0.25, 0.3) is 5.91 Å². The van der Waals surface area contributed by atoms with Crippen molar-refractivity contribution in [1.82, 2.24) is 15.2 Å². The van der Waals surface area contributed by atoms with E-state index in [0.717, 1.165) is 42.4 Å². The Morgan fingerprint density at radius 2 is 2.38 bits per heavy atom. The van der Waals surface area contributed by atoms with E-state index in [2.05, 4.69) is 15.2 Å². The summed E-state index contributed by atoms with van der Waals surface area (Å²) in [6.07, 6.45) is 3.66. The van der Waals surface area contributed by atoms with Crippen molar-refractivity contribution in [3.05, 3.63) is 28.9 Å². The number of piperidine rings is 1. The van der Waals surface area contributed by atoms with E-state index >= 15 is 0 Å². The van der Waals surface area contributed by atoms with Gasteiger partial charge in [-0.15, -0.1) is 11.3 Å². The molecular weight excluding hydrogens is 286 g/mol. The summed E-state index contributed by atoms with van der Waals surface area (Å²) >= 11 is 1.47. The van der Waals surface area contributed by atoms with E-state index in [1.165, 1.54) is 11.3 Å². The van der Waals surface area contributed by atoms with Gasteiger partial charge in [-0.25, -0.2) is 4.98 Å². The minimum absolute atomic E-state index is 0.140. The number of rotatable bonds is 3. The van der Waals surface area contributed by atoms with Crippen LogP contribution in [0.3, 0.4) is 0 Å². The van der Waals surface area contributed by atoms with Gasteiger partial charge >= 0.3 is 0 Å². The molecule has 6 heteroatoms. The Balaban J connectivity index is 1.57. The number of fused-ring (bicyclic) bond motifs is 3. The maximum atomic E-state index is 12.4. The summed E-state index contributed by atoms with van der Waals surface area (Å²) in [6, 6.07) is 1.95. The van der Waals surface area contributed by atoms with Crippen LogP contribution in [0.1, 0.15) is 27.3 Å². The fourth-order valence-corrected chi connectivity index (χ4v) is 4.21. The van der Waals surface area contributed by atoms with Crippen LogP contribution in [0.25, 0.3) is 10.1 Å². The molecule has 4 heterocycles. The summed E-state index contributed by atoms with van der Waals surface area (Å²) in [7, 11) is 0. The monoisotopic (exact) mass is 301 g/mol. The minimum Gasteiger partial charge on any atom is -0.346 e. The van der Waals surface area contributed by atoms with Gasteiger partial charge in [0.15, 0.2) is 6.29 Å². The molecule has 0 saturated carbocycles. The van der Waals surface area contributed by atoms with Crippen LogP contribution < -0.4 is 5.32 Å². The molecule has 3 unspecified atom stereocenters. The molecule has 2 fully saturated rings. The Morgan fingerprint density at radius 1 is 1.48 bits per heavy atom. The van der Waals surface area contributed by atoms with E-state index in [1.807, 2.05) is 0 Å². The third-order valence-corrected chi connectivity index (χ3v) is 5.45. The van der Waals surface area contributed by atoms with Crippen molar-refractivity contribution in [2.75, 3.05) is 19.6 Å². The summed E-state index contributed by atoms with van der Waals surface area (Å²) in [5.74, 6) is 0.433. The van der Waals surface area contributed by atoms with E-state index in [0.29, 0.717) is 17.2 Å². The van der Waals surface area contributed by atoms with Gasteiger partial charge in [0, 0.05) is 41.7 Å². The molecule has 1 amide bonds. The lowest BCUT2D eigenvalue weighted by atomic mass is 10.00. The molecule has 2 saturated heterocycles. The normalized spacial score (nSPS) is 27.1. The second kappa shape index (κ2) is 4.89. The number of amides is 1. The average molecular weight is 301 g/mol. The lowest BCUT2D eigenvalue weighted by Crippen LogP contribution is -2.43. The highest BCUT2D eigenvalue weighted by Gasteiger charge is 2.38. The van der Waals surface area contributed by atoms with Crippen LogP contribution in [-0.4, -0.2) is 47.8 Å². The summed E-state index contributed by atoms with van der Waals surface area (Å²) in [4.78, 5) is 30.0. The molecule has 2 aliphatic heterocycles. The van der Waals surface area contributed by atoms with Gasteiger partial charge in [0.2, 0.25) is 0 Å². The quantitative estimate of drug-likeness (QED) is 0.874. The van der Waals surface area contributed by atoms with E-state index in [-0.39, 0.29) is 11.9 Å². The highest BCUT2D eigenvalue weighted by atomic mass is 32.1. The second-order valence-corrected chi connectivity index (χ2v) is 6.67. The van der Waals surface area contributed by atoms with Crippen molar-refractivity contribution in [2.45, 2.75) is 12.5 Å². The van der Waals surface area contributed by atoms with Crippen molar-refractivity contribution in [3.63, 3.8) is 0 Å². The van der Waals surface area contributed by atoms with Crippen molar-refractivity contribution < 1.29 is 9.59 Å². The fraction of sp³-hybridized carbons (Fsp3) is 0.400. The number of nitrogens with one attached hydrogen (secondary N) is 1. The van der Waals surface area contributed by atoms with Gasteiger partial charge in [0.05, 0.1) is 4.70 Å². The molecule has 1 N–H and O–H groups in total. The first-order valence-corrected chi connectivity index (χ1v) is 7.98. The molecule has 2 aliphatic rings. The number of carbonyl (C=O) groups excluding carboxylic acids is 2. The molecule has 2 aromatic heterocycles. The minimum atomic E-state index is -0.140. The number of hydrogen-bond acceptors (Lipinski definition) is 5. The lowest BCUT2D eigenvalue weighted by Gasteiger charge is -2.22. The van der Waals surface area contributed by atoms with Crippen LogP contribution in [0.4, 0.5) is 0 Å². The molecule has 2 aromatic rings. The third kappa shape index (κ3) is 2.15. The van der Waals surface area contributed by atoms with E-state index in [1.54, 1.807) is 17.6 Å². The number of aldehydes is 1. The van der Waals surface area contributed by atoms with Crippen LogP contribution in [0.5, 0.6) is 0 Å². The number of aromatic nitrogens is 1. The summed E-state index contributed by atoms with van der Waals surface area (Å²) in [5.41, 5.74) is 1.01. The molecule has 0 aromatic carbocycles. The van der Waals surface area contributed by atoms with Crippen LogP contribution in [0.2, 0.25) is 0 Å². The largest absolute Gasteiger partial charge is 0.346 e. The number of hydrogen-bond donors (Lipinski definition) is 1. The molecule has 0 aliphatic carbocycles. The molecule has 4 rings (SSSR count). The molecule has 108 valence electrons. The SMILES string of the molecule is O=Cc1csc2cnc(C(=O)NC3CN4CCC3C4)cc12. The molecule has 2 bridgehead atoms. The highest BCUT2D eigenvalue weighted by molar-refractivity contribution is 7.17. The molecule has 0 radical (unpaired) electrons. The zero-order valence-electron chi connectivity index (χ0n) is 11.4. The zero-order chi connectivity index (χ0) is 14.4. The number of thiophene rings is 1. The number of nitrogens with zero attached hydrogens (tertiary/aromatic N) is 2. The topological polar surface area (TPSA) is 62.3 Å². The van der Waals surface area contributed by atoms with Crippen molar-refractivity contribution in [1.29, 1.82) is 0 Å². The maximum Gasteiger partial charge on any atom is 0.270 e. The standard InChI is InChI=1S/C15H15N3O2S/c19-7-10-8-21-14-4-16-12(3-11(10)14)15(20)17-13-6-18-2-1-9(13)5-18/h3-4,7-9,13H,1-2,5-6H2,(H,17,20). The van der Waals surface area contributed by atoms with Gasteiger partial charge in [0.1, 0.15) is 5.69 Å². The summed E-state index contributed by atoms with van der Waals surface area (Å²) in [6.45, 7) is 3.19. The van der Waals surface area contributed by atoms with Crippen LogP contribution >= 0.6 is 11.3 Å². The highest BCUT2D eigenvalue weighted by Crippen LogP contribution is 2.28. The molecule has 0 spiro atoms. The van der Waals surface area contributed by atoms with E-state index in [4.69, 9.17) is 0 Å². The summed E-state index contributed by atoms with van der Waals surface area (Å²) < 4.78 is 0.930. The van der Waals surface area contributed by atoms with Crippen LogP contribution in [0.15, 0.2) is 17.6 Å². The first-order valence-electron chi connectivity index (χ1n) is 7.10. The fourth-order valence-electron chi connectivity index (χ4n) is 3.36. The van der Waals surface area contributed by atoms with Gasteiger partial charge in [-0.3, -0.25) is 9.59 Å². The predicted molar refractivity (Wildman–Crippen MR) is 80.8 cm³/mol. The van der Waals surface area contributed by atoms with Crippen molar-refractivity contribution in [3.8, 4) is 0 Å². The first kappa shape index (κ1) is 12.9. The van der Waals surface area contributed by atoms with Crippen molar-refractivity contribution in [2.24, 2.45) is 5.92 Å². The van der Waals surface area contributed by atoms with Gasteiger partial charge < -0.3 is 10.2 Å². The molecule has 21 heavy (non-hydrogen) atoms. The molecule has 5 nitrogen and oxygen atoms in total. The zero-order valence-corrected chi connectivity index (χ0v) is 12.2. The Bertz CT molecular complexity index is 727. The Morgan fingerprint density at radius 3 is 3.10 bits per heavy atom. The van der Waals surface area contributed by atoms with Crippen LogP contribution in [-0.2, 0) is 0 Å². The first-order chi connectivity index (χ1) is 10.2. The van der Waals surface area contributed by atoms with Gasteiger partial charge in [-0.1, -0.05) is 0 Å². The van der Waals surface area contributed by atoms with Gasteiger partial charge in [-0.05, 0) is 24.9 Å². The van der Waals surface area contributed by atoms with Crippen LogP contribution in [0, 0.1) is 5.92 Å². The third-order valence-electron chi connectivity index (χ3n) is 4.50. The predicted octanol–water partition coefficient (Wildman–Crippen LogP) is 1.54.